The van der Waals surface area contributed by atoms with E-state index in [1.165, 1.54) is 0 Å². The normalized spacial score (nSPS) is 21.2. The van der Waals surface area contributed by atoms with Crippen LogP contribution in [0.1, 0.15) is 26.2 Å². The van der Waals surface area contributed by atoms with Crippen LogP contribution in [0.15, 0.2) is 0 Å². The molecule has 0 spiro atoms. The van der Waals surface area contributed by atoms with Crippen LogP contribution in [0.4, 0.5) is 0 Å². The molecule has 2 amide bonds. The predicted octanol–water partition coefficient (Wildman–Crippen LogP) is -0.0981. The first-order valence-corrected chi connectivity index (χ1v) is 8.23. The molecular formula is C13H24N2O4S. The number of rotatable bonds is 7. The Bertz CT molecular complexity index is 330. The third-order valence-electron chi connectivity index (χ3n) is 3.20. The van der Waals surface area contributed by atoms with Crippen LogP contribution in [-0.2, 0) is 14.3 Å². The van der Waals surface area contributed by atoms with Gasteiger partial charge in [-0.2, -0.15) is 11.8 Å². The minimum atomic E-state index is -0.993. The lowest BCUT2D eigenvalue weighted by molar-refractivity contribution is -0.140. The van der Waals surface area contributed by atoms with Crippen molar-refractivity contribution in [1.82, 2.24) is 10.6 Å². The first-order chi connectivity index (χ1) is 9.44. The molecule has 1 saturated heterocycles. The van der Waals surface area contributed by atoms with Crippen molar-refractivity contribution in [2.75, 3.05) is 31.7 Å². The molecule has 7 heteroatoms. The van der Waals surface area contributed by atoms with Crippen molar-refractivity contribution in [3.63, 3.8) is 0 Å². The molecule has 0 unspecified atom stereocenters. The van der Waals surface area contributed by atoms with Crippen molar-refractivity contribution in [3.8, 4) is 0 Å². The zero-order chi connectivity index (χ0) is 15.0. The molecule has 0 bridgehead atoms. The molecule has 0 aromatic carbocycles. The van der Waals surface area contributed by atoms with Crippen LogP contribution in [0.2, 0.25) is 0 Å². The summed E-state index contributed by atoms with van der Waals surface area (Å²) in [6, 6.07) is 0. The molecule has 3 N–H and O–H groups in total. The number of amides is 2. The summed E-state index contributed by atoms with van der Waals surface area (Å²) >= 11 is 1.63. The number of hydrogen-bond acceptors (Lipinski definition) is 5. The van der Waals surface area contributed by atoms with Gasteiger partial charge in [0.05, 0.1) is 11.7 Å². The van der Waals surface area contributed by atoms with Crippen LogP contribution >= 0.6 is 11.8 Å². The van der Waals surface area contributed by atoms with Gasteiger partial charge in [0.2, 0.25) is 0 Å². The fraction of sp³-hybridized carbons (Fsp3) is 0.846. The standard InChI is InChI=1S/C13H24N2O4S/c1-13(18,5-7-20-2)9-15-12(17)11(16)14-8-10-4-3-6-19-10/h10,18H,3-9H2,1-2H3,(H,14,16)(H,15,17)/t10-,13-/m1/s1. The molecule has 1 aliphatic rings. The molecule has 1 fully saturated rings. The van der Waals surface area contributed by atoms with Gasteiger partial charge in [-0.05, 0) is 38.2 Å². The molecule has 20 heavy (non-hydrogen) atoms. The van der Waals surface area contributed by atoms with E-state index >= 15 is 0 Å². The lowest BCUT2D eigenvalue weighted by Crippen LogP contribution is -2.47. The number of nitrogens with one attached hydrogen (secondary N) is 2. The van der Waals surface area contributed by atoms with E-state index in [0.717, 1.165) is 18.6 Å². The molecule has 0 aromatic heterocycles. The molecule has 6 nitrogen and oxygen atoms in total. The van der Waals surface area contributed by atoms with Gasteiger partial charge in [-0.25, -0.2) is 0 Å². The molecular weight excluding hydrogens is 280 g/mol. The van der Waals surface area contributed by atoms with Gasteiger partial charge in [0.1, 0.15) is 0 Å². The Labute approximate surface area is 124 Å². The summed E-state index contributed by atoms with van der Waals surface area (Å²) in [5, 5.41) is 15.0. The first kappa shape index (κ1) is 17.3. The van der Waals surface area contributed by atoms with Crippen LogP contribution in [0.5, 0.6) is 0 Å². The predicted molar refractivity (Wildman–Crippen MR) is 78.6 cm³/mol. The Kier molecular flexibility index (Phi) is 7.32. The first-order valence-electron chi connectivity index (χ1n) is 6.83. The molecule has 1 aliphatic heterocycles. The second-order valence-electron chi connectivity index (χ2n) is 5.27. The van der Waals surface area contributed by atoms with Gasteiger partial charge in [0.25, 0.3) is 0 Å². The second-order valence-corrected chi connectivity index (χ2v) is 6.25. The highest BCUT2D eigenvalue weighted by atomic mass is 32.2. The third-order valence-corrected chi connectivity index (χ3v) is 3.81. The van der Waals surface area contributed by atoms with Gasteiger partial charge in [-0.1, -0.05) is 0 Å². The molecule has 0 aromatic rings. The van der Waals surface area contributed by atoms with Gasteiger partial charge in [0, 0.05) is 19.7 Å². The quantitative estimate of drug-likeness (QED) is 0.572. The number of hydrogen-bond donors (Lipinski definition) is 3. The van der Waals surface area contributed by atoms with Crippen LogP contribution in [0.3, 0.4) is 0 Å². The Hall–Kier alpha value is -0.790. The third kappa shape index (κ3) is 6.58. The fourth-order valence-corrected chi connectivity index (χ4v) is 2.50. The van der Waals surface area contributed by atoms with E-state index in [1.807, 2.05) is 6.26 Å². The van der Waals surface area contributed by atoms with Gasteiger partial charge >= 0.3 is 11.8 Å². The SMILES string of the molecule is CSCC[C@@](C)(O)CNC(=O)C(=O)NC[C@H]1CCCO1. The summed E-state index contributed by atoms with van der Waals surface area (Å²) in [5.41, 5.74) is -0.993. The number of carbonyl (C=O) groups is 2. The second kappa shape index (κ2) is 8.49. The Balaban J connectivity index is 2.21. The van der Waals surface area contributed by atoms with Crippen molar-refractivity contribution in [2.45, 2.75) is 37.9 Å². The topological polar surface area (TPSA) is 87.7 Å². The molecule has 1 heterocycles. The maximum Gasteiger partial charge on any atom is 0.309 e. The highest BCUT2D eigenvalue weighted by Crippen LogP contribution is 2.11. The summed E-state index contributed by atoms with van der Waals surface area (Å²) in [5.74, 6) is -0.595. The Morgan fingerprint density at radius 3 is 2.70 bits per heavy atom. The Morgan fingerprint density at radius 2 is 2.10 bits per heavy atom. The van der Waals surface area contributed by atoms with Crippen molar-refractivity contribution < 1.29 is 19.4 Å². The van der Waals surface area contributed by atoms with Crippen LogP contribution < -0.4 is 10.6 Å². The average Bonchev–Trinajstić information content (AvgIpc) is 2.93. The van der Waals surface area contributed by atoms with E-state index in [0.29, 0.717) is 19.6 Å². The highest BCUT2D eigenvalue weighted by Gasteiger charge is 2.23. The summed E-state index contributed by atoms with van der Waals surface area (Å²) in [6.45, 7) is 2.79. The summed E-state index contributed by atoms with van der Waals surface area (Å²) < 4.78 is 5.35. The number of thioether (sulfide) groups is 1. The van der Waals surface area contributed by atoms with Gasteiger partial charge in [-0.15, -0.1) is 0 Å². The van der Waals surface area contributed by atoms with Crippen LogP contribution in [0.25, 0.3) is 0 Å². The van der Waals surface area contributed by atoms with Gasteiger partial charge in [-0.3, -0.25) is 9.59 Å². The smallest absolute Gasteiger partial charge is 0.309 e. The van der Waals surface area contributed by atoms with E-state index in [9.17, 15) is 14.7 Å². The van der Waals surface area contributed by atoms with E-state index < -0.39 is 17.4 Å². The van der Waals surface area contributed by atoms with Crippen molar-refractivity contribution in [1.29, 1.82) is 0 Å². The number of aliphatic hydroxyl groups is 1. The van der Waals surface area contributed by atoms with Crippen molar-refractivity contribution in [3.05, 3.63) is 0 Å². The zero-order valence-electron chi connectivity index (χ0n) is 12.1. The Morgan fingerprint density at radius 1 is 1.40 bits per heavy atom. The van der Waals surface area contributed by atoms with E-state index in [2.05, 4.69) is 10.6 Å². The summed E-state index contributed by atoms with van der Waals surface area (Å²) in [4.78, 5) is 23.2. The van der Waals surface area contributed by atoms with Crippen LogP contribution in [0, 0.1) is 0 Å². The molecule has 1 rings (SSSR count). The molecule has 116 valence electrons. The maximum absolute atomic E-state index is 11.6. The molecule has 0 radical (unpaired) electrons. The minimum Gasteiger partial charge on any atom is -0.388 e. The van der Waals surface area contributed by atoms with Gasteiger partial charge < -0.3 is 20.5 Å². The molecule has 0 aliphatic carbocycles. The molecule has 0 saturated carbocycles. The van der Waals surface area contributed by atoms with Gasteiger partial charge in [0.15, 0.2) is 0 Å². The minimum absolute atomic E-state index is 0.0106. The summed E-state index contributed by atoms with van der Waals surface area (Å²) in [7, 11) is 0. The summed E-state index contributed by atoms with van der Waals surface area (Å²) in [6.07, 6.45) is 4.42. The maximum atomic E-state index is 11.6. The zero-order valence-corrected chi connectivity index (χ0v) is 12.9. The lowest BCUT2D eigenvalue weighted by atomic mass is 10.0. The van der Waals surface area contributed by atoms with Crippen LogP contribution in [-0.4, -0.2) is 60.3 Å². The van der Waals surface area contributed by atoms with E-state index in [-0.39, 0.29) is 12.6 Å². The monoisotopic (exact) mass is 304 g/mol. The fourth-order valence-electron chi connectivity index (χ4n) is 1.85. The largest absolute Gasteiger partial charge is 0.388 e. The van der Waals surface area contributed by atoms with Crippen molar-refractivity contribution in [2.24, 2.45) is 0 Å². The highest BCUT2D eigenvalue weighted by molar-refractivity contribution is 7.98. The van der Waals surface area contributed by atoms with E-state index in [4.69, 9.17) is 4.74 Å². The molecule has 2 atom stereocenters. The number of ether oxygens (including phenoxy) is 1. The lowest BCUT2D eigenvalue weighted by Gasteiger charge is -2.23. The number of carbonyl (C=O) groups excluding carboxylic acids is 2. The average molecular weight is 304 g/mol. The van der Waals surface area contributed by atoms with Crippen molar-refractivity contribution >= 4 is 23.6 Å². The van der Waals surface area contributed by atoms with E-state index in [1.54, 1.807) is 18.7 Å².